The molecule has 2 aromatic heterocycles. The van der Waals surface area contributed by atoms with Crippen LogP contribution in [0.2, 0.25) is 0 Å². The van der Waals surface area contributed by atoms with Crippen molar-refractivity contribution in [2.45, 2.75) is 0 Å². The van der Waals surface area contributed by atoms with E-state index < -0.39 is 0 Å². The number of amides is 1. The van der Waals surface area contributed by atoms with Crippen molar-refractivity contribution in [3.63, 3.8) is 0 Å². The smallest absolute Gasteiger partial charge is 0.271 e. The summed E-state index contributed by atoms with van der Waals surface area (Å²) in [6.45, 7) is 0. The van der Waals surface area contributed by atoms with Crippen LogP contribution in [0.15, 0.2) is 42.9 Å². The zero-order chi connectivity index (χ0) is 14.1. The topological polar surface area (TPSA) is 85.8 Å². The van der Waals surface area contributed by atoms with E-state index in [0.29, 0.717) is 11.4 Å². The standard InChI is InChI=1S/C14H13N5O/c1-16-14(20)11-5-7-19(18-11)12-3-2-9-8-17-6-4-10(9)13(12)15/h2-8H,15H2,1H3,(H,16,20). The molecule has 0 unspecified atom stereocenters. The minimum Gasteiger partial charge on any atom is -0.396 e. The number of nitrogen functional groups attached to an aromatic ring is 1. The third kappa shape index (κ3) is 1.87. The highest BCUT2D eigenvalue weighted by molar-refractivity contribution is 5.96. The minimum atomic E-state index is -0.229. The summed E-state index contributed by atoms with van der Waals surface area (Å²) in [4.78, 5) is 15.6. The number of anilines is 1. The third-order valence-corrected chi connectivity index (χ3v) is 3.13. The van der Waals surface area contributed by atoms with Crippen LogP contribution in [0.25, 0.3) is 16.5 Å². The van der Waals surface area contributed by atoms with Crippen molar-refractivity contribution in [1.29, 1.82) is 0 Å². The molecule has 0 aliphatic carbocycles. The number of carbonyl (C=O) groups is 1. The van der Waals surface area contributed by atoms with E-state index in [9.17, 15) is 4.79 Å². The second kappa shape index (κ2) is 4.65. The molecular formula is C14H13N5O. The number of nitrogens with zero attached hydrogens (tertiary/aromatic N) is 3. The van der Waals surface area contributed by atoms with Gasteiger partial charge in [0.25, 0.3) is 5.91 Å². The summed E-state index contributed by atoms with van der Waals surface area (Å²) in [7, 11) is 1.57. The fourth-order valence-corrected chi connectivity index (χ4v) is 2.09. The summed E-state index contributed by atoms with van der Waals surface area (Å²) in [6, 6.07) is 7.29. The molecule has 100 valence electrons. The number of nitrogens with one attached hydrogen (secondary N) is 1. The number of rotatable bonds is 2. The molecule has 1 aromatic carbocycles. The molecule has 20 heavy (non-hydrogen) atoms. The number of nitrogens with two attached hydrogens (primary N) is 1. The third-order valence-electron chi connectivity index (χ3n) is 3.13. The Balaban J connectivity index is 2.12. The van der Waals surface area contributed by atoms with Gasteiger partial charge in [0.05, 0.1) is 11.4 Å². The van der Waals surface area contributed by atoms with Crippen LogP contribution in [0, 0.1) is 0 Å². The summed E-state index contributed by atoms with van der Waals surface area (Å²) in [5, 5.41) is 8.64. The van der Waals surface area contributed by atoms with Gasteiger partial charge in [0.15, 0.2) is 5.69 Å². The Kier molecular flexibility index (Phi) is 2.83. The first kappa shape index (κ1) is 12.2. The Labute approximate surface area is 115 Å². The zero-order valence-electron chi connectivity index (χ0n) is 10.9. The molecule has 3 N–H and O–H groups in total. The fourth-order valence-electron chi connectivity index (χ4n) is 2.09. The van der Waals surface area contributed by atoms with Crippen LogP contribution in [-0.4, -0.2) is 27.7 Å². The lowest BCUT2D eigenvalue weighted by molar-refractivity contribution is 0.0957. The number of fused-ring (bicyclic) bond motifs is 1. The van der Waals surface area contributed by atoms with Crippen LogP contribution in [-0.2, 0) is 0 Å². The van der Waals surface area contributed by atoms with Crippen molar-refractivity contribution in [2.24, 2.45) is 0 Å². The monoisotopic (exact) mass is 267 g/mol. The van der Waals surface area contributed by atoms with Crippen LogP contribution in [0.4, 0.5) is 5.69 Å². The van der Waals surface area contributed by atoms with E-state index in [1.165, 1.54) is 0 Å². The van der Waals surface area contributed by atoms with Gasteiger partial charge in [0.2, 0.25) is 0 Å². The number of aromatic nitrogens is 3. The second-order valence-corrected chi connectivity index (χ2v) is 4.32. The number of carbonyl (C=O) groups excluding carboxylic acids is 1. The van der Waals surface area contributed by atoms with Gasteiger partial charge in [-0.2, -0.15) is 5.10 Å². The average molecular weight is 267 g/mol. The number of hydrogen-bond donors (Lipinski definition) is 2. The van der Waals surface area contributed by atoms with E-state index in [0.717, 1.165) is 16.5 Å². The van der Waals surface area contributed by atoms with Crippen molar-refractivity contribution in [1.82, 2.24) is 20.1 Å². The first-order chi connectivity index (χ1) is 9.70. The van der Waals surface area contributed by atoms with Gasteiger partial charge >= 0.3 is 0 Å². The minimum absolute atomic E-state index is 0.229. The van der Waals surface area contributed by atoms with E-state index in [1.807, 2.05) is 18.2 Å². The SMILES string of the molecule is CNC(=O)c1ccn(-c2ccc3cnccc3c2N)n1. The molecule has 0 atom stereocenters. The molecule has 0 aliphatic heterocycles. The molecule has 0 fully saturated rings. The highest BCUT2D eigenvalue weighted by Crippen LogP contribution is 2.26. The Morgan fingerprint density at radius 1 is 1.30 bits per heavy atom. The summed E-state index contributed by atoms with van der Waals surface area (Å²) in [5.74, 6) is -0.229. The second-order valence-electron chi connectivity index (χ2n) is 4.32. The molecule has 0 radical (unpaired) electrons. The maximum atomic E-state index is 11.5. The molecule has 0 saturated heterocycles. The van der Waals surface area contributed by atoms with Gasteiger partial charge in [-0.1, -0.05) is 6.07 Å². The van der Waals surface area contributed by atoms with Crippen molar-refractivity contribution >= 4 is 22.4 Å². The molecule has 2 heterocycles. The van der Waals surface area contributed by atoms with Gasteiger partial charge in [0, 0.05) is 36.4 Å². The molecule has 0 saturated carbocycles. The van der Waals surface area contributed by atoms with Crippen molar-refractivity contribution < 1.29 is 4.79 Å². The normalized spacial score (nSPS) is 10.7. The van der Waals surface area contributed by atoms with E-state index in [4.69, 9.17) is 5.73 Å². The molecule has 3 rings (SSSR count). The lowest BCUT2D eigenvalue weighted by atomic mass is 10.1. The first-order valence-electron chi connectivity index (χ1n) is 6.11. The fraction of sp³-hybridized carbons (Fsp3) is 0.0714. The maximum Gasteiger partial charge on any atom is 0.271 e. The van der Waals surface area contributed by atoms with Gasteiger partial charge in [-0.3, -0.25) is 9.78 Å². The van der Waals surface area contributed by atoms with Gasteiger partial charge in [0.1, 0.15) is 0 Å². The summed E-state index contributed by atoms with van der Waals surface area (Å²) >= 11 is 0. The largest absolute Gasteiger partial charge is 0.396 e. The van der Waals surface area contributed by atoms with E-state index in [1.54, 1.807) is 36.4 Å². The molecule has 0 bridgehead atoms. The van der Waals surface area contributed by atoms with Crippen molar-refractivity contribution in [2.75, 3.05) is 12.8 Å². The van der Waals surface area contributed by atoms with Gasteiger partial charge in [-0.15, -0.1) is 0 Å². The van der Waals surface area contributed by atoms with Crippen molar-refractivity contribution in [3.05, 3.63) is 48.5 Å². The Morgan fingerprint density at radius 3 is 2.95 bits per heavy atom. The summed E-state index contributed by atoms with van der Waals surface area (Å²) in [5.41, 5.74) is 7.87. The van der Waals surface area contributed by atoms with E-state index in [-0.39, 0.29) is 5.91 Å². The van der Waals surface area contributed by atoms with Crippen LogP contribution in [0.5, 0.6) is 0 Å². The molecule has 3 aromatic rings. The van der Waals surface area contributed by atoms with E-state index >= 15 is 0 Å². The predicted octanol–water partition coefficient (Wildman–Crippen LogP) is 1.36. The Hall–Kier alpha value is -2.89. The van der Waals surface area contributed by atoms with Crippen LogP contribution in [0.3, 0.4) is 0 Å². The Bertz CT molecular complexity index is 793. The highest BCUT2D eigenvalue weighted by atomic mass is 16.1. The molecule has 1 amide bonds. The van der Waals surface area contributed by atoms with Gasteiger partial charge < -0.3 is 11.1 Å². The van der Waals surface area contributed by atoms with Crippen molar-refractivity contribution in [3.8, 4) is 5.69 Å². The molecular weight excluding hydrogens is 254 g/mol. The lowest BCUT2D eigenvalue weighted by Crippen LogP contribution is -2.18. The van der Waals surface area contributed by atoms with Gasteiger partial charge in [-0.25, -0.2) is 4.68 Å². The highest BCUT2D eigenvalue weighted by Gasteiger charge is 2.11. The molecule has 6 nitrogen and oxygen atoms in total. The molecule has 0 aliphatic rings. The number of pyridine rings is 1. The summed E-state index contributed by atoms with van der Waals surface area (Å²) in [6.07, 6.45) is 5.17. The van der Waals surface area contributed by atoms with Crippen LogP contribution in [0.1, 0.15) is 10.5 Å². The molecule has 6 heteroatoms. The first-order valence-corrected chi connectivity index (χ1v) is 6.11. The van der Waals surface area contributed by atoms with E-state index in [2.05, 4.69) is 15.4 Å². The van der Waals surface area contributed by atoms with Crippen LogP contribution < -0.4 is 11.1 Å². The molecule has 0 spiro atoms. The number of hydrogen-bond acceptors (Lipinski definition) is 4. The average Bonchev–Trinajstić information content (AvgIpc) is 2.97. The predicted molar refractivity (Wildman–Crippen MR) is 76.7 cm³/mol. The quantitative estimate of drug-likeness (QED) is 0.686. The van der Waals surface area contributed by atoms with Crippen LogP contribution >= 0.6 is 0 Å². The summed E-state index contributed by atoms with van der Waals surface area (Å²) < 4.78 is 1.60. The lowest BCUT2D eigenvalue weighted by Gasteiger charge is -2.08. The number of benzene rings is 1. The Morgan fingerprint density at radius 2 is 2.15 bits per heavy atom. The zero-order valence-corrected chi connectivity index (χ0v) is 10.9. The maximum absolute atomic E-state index is 11.5. The van der Waals surface area contributed by atoms with Gasteiger partial charge in [-0.05, 0) is 18.2 Å².